The highest BCUT2D eigenvalue weighted by Gasteiger charge is 2.49. The number of ketones is 1. The molecule has 2 aliphatic rings. The molecule has 9 nitrogen and oxygen atoms in total. The first kappa shape index (κ1) is 20.1. The lowest BCUT2D eigenvalue weighted by atomic mass is 9.98. The molecule has 1 amide bonds. The molecule has 9 heteroatoms. The zero-order valence-electron chi connectivity index (χ0n) is 18.2. The number of carbonyl (C=O) groups is 2. The minimum absolute atomic E-state index is 0.0697. The molecular weight excluding hydrogens is 436 g/mol. The Kier molecular flexibility index (Phi) is 4.44. The molecule has 2 aromatic heterocycles. The number of amides is 1. The zero-order valence-corrected chi connectivity index (χ0v) is 18.2. The number of benzene rings is 2. The van der Waals surface area contributed by atoms with Gasteiger partial charge in [0.05, 0.1) is 35.1 Å². The maximum Gasteiger partial charge on any atom is 0.302 e. The van der Waals surface area contributed by atoms with Gasteiger partial charge in [0.1, 0.15) is 29.9 Å². The van der Waals surface area contributed by atoms with E-state index < -0.39 is 17.7 Å². The van der Waals surface area contributed by atoms with Gasteiger partial charge in [-0.3, -0.25) is 14.5 Å². The summed E-state index contributed by atoms with van der Waals surface area (Å²) in [6, 6.07) is 14.8. The van der Waals surface area contributed by atoms with Crippen LogP contribution in [0.15, 0.2) is 70.9 Å². The fourth-order valence-corrected chi connectivity index (χ4v) is 4.47. The Morgan fingerprint density at radius 3 is 2.79 bits per heavy atom. The number of fused-ring (bicyclic) bond motifs is 2. The highest BCUT2D eigenvalue weighted by Crippen LogP contribution is 2.43. The van der Waals surface area contributed by atoms with E-state index in [1.807, 2.05) is 30.1 Å². The number of anilines is 2. The van der Waals surface area contributed by atoms with E-state index in [1.165, 1.54) is 11.2 Å². The first-order valence-electron chi connectivity index (χ1n) is 10.8. The van der Waals surface area contributed by atoms with Gasteiger partial charge in [-0.2, -0.15) is 0 Å². The number of furan rings is 1. The normalized spacial score (nSPS) is 19.5. The first-order valence-corrected chi connectivity index (χ1v) is 10.8. The molecule has 0 saturated carbocycles. The third kappa shape index (κ3) is 2.97. The number of likely N-dealkylation sites (N-methyl/N-ethyl adjacent to an activating group) is 1. The van der Waals surface area contributed by atoms with Gasteiger partial charge in [-0.25, -0.2) is 4.98 Å². The topological polar surface area (TPSA) is 112 Å². The van der Waals surface area contributed by atoms with Crippen molar-refractivity contribution in [1.82, 2.24) is 9.97 Å². The van der Waals surface area contributed by atoms with Crippen molar-refractivity contribution in [2.45, 2.75) is 6.04 Å². The van der Waals surface area contributed by atoms with E-state index in [2.05, 4.69) is 9.97 Å². The molecule has 4 heterocycles. The van der Waals surface area contributed by atoms with Crippen molar-refractivity contribution in [2.75, 3.05) is 30.0 Å². The molecule has 1 saturated heterocycles. The predicted octanol–water partition coefficient (Wildman–Crippen LogP) is 3.61. The first-order chi connectivity index (χ1) is 16.5. The van der Waals surface area contributed by atoms with E-state index in [9.17, 15) is 14.7 Å². The number of carbonyl (C=O) groups excluding carboxylic acids is 2. The molecule has 4 aromatic rings. The molecule has 1 atom stereocenters. The Bertz CT molecular complexity index is 1440. The maximum atomic E-state index is 13.3. The number of aromatic nitrogens is 2. The average molecular weight is 456 g/mol. The number of aliphatic hydroxyl groups is 1. The quantitative estimate of drug-likeness (QED) is 0.275. The smallest absolute Gasteiger partial charge is 0.302 e. The van der Waals surface area contributed by atoms with Crippen LogP contribution in [0.3, 0.4) is 0 Å². The fourth-order valence-electron chi connectivity index (χ4n) is 4.47. The molecule has 6 rings (SSSR count). The van der Waals surface area contributed by atoms with Crippen molar-refractivity contribution < 1.29 is 23.8 Å². The molecule has 1 fully saturated rings. The number of nitrogens with zero attached hydrogens (tertiary/aromatic N) is 3. The lowest BCUT2D eigenvalue weighted by molar-refractivity contribution is -0.132. The second-order valence-electron chi connectivity index (χ2n) is 8.21. The van der Waals surface area contributed by atoms with Gasteiger partial charge in [-0.05, 0) is 42.5 Å². The maximum absolute atomic E-state index is 13.3. The Morgan fingerprint density at radius 2 is 2.00 bits per heavy atom. The number of para-hydroxylation sites is 2. The molecule has 0 aliphatic carbocycles. The van der Waals surface area contributed by atoms with Crippen LogP contribution < -0.4 is 14.5 Å². The van der Waals surface area contributed by atoms with Crippen LogP contribution in [0.2, 0.25) is 0 Å². The largest absolute Gasteiger partial charge is 0.507 e. The summed E-state index contributed by atoms with van der Waals surface area (Å²) >= 11 is 0. The van der Waals surface area contributed by atoms with Crippen molar-refractivity contribution in [2.24, 2.45) is 0 Å². The van der Waals surface area contributed by atoms with Crippen LogP contribution in [0, 0.1) is 0 Å². The molecule has 34 heavy (non-hydrogen) atoms. The minimum Gasteiger partial charge on any atom is -0.507 e. The van der Waals surface area contributed by atoms with Crippen molar-refractivity contribution in [3.63, 3.8) is 0 Å². The van der Waals surface area contributed by atoms with Crippen LogP contribution >= 0.6 is 0 Å². The summed E-state index contributed by atoms with van der Waals surface area (Å²) in [5, 5.41) is 11.3. The fraction of sp³-hybridized carbons (Fsp3) is 0.160. The SMILES string of the molecule is CN1CCOc2ccc(/C(O)=C3\C(=O)C(=O)N(c4nc5ccccc5[nH]4)C3c3ccco3)cc21. The van der Waals surface area contributed by atoms with Gasteiger partial charge >= 0.3 is 5.91 Å². The van der Waals surface area contributed by atoms with Gasteiger partial charge in [0.15, 0.2) is 0 Å². The molecule has 170 valence electrons. The number of aromatic amines is 1. The summed E-state index contributed by atoms with van der Waals surface area (Å²) in [5.41, 5.74) is 2.48. The third-order valence-electron chi connectivity index (χ3n) is 6.19. The number of Topliss-reactive ketones (excluding diaryl/α,β-unsaturated/α-hetero) is 1. The van der Waals surface area contributed by atoms with Gasteiger partial charge in [-0.15, -0.1) is 0 Å². The third-order valence-corrected chi connectivity index (χ3v) is 6.19. The number of ether oxygens (including phenoxy) is 1. The van der Waals surface area contributed by atoms with Crippen molar-refractivity contribution >= 4 is 40.1 Å². The summed E-state index contributed by atoms with van der Waals surface area (Å²) in [5.74, 6) is -0.695. The average Bonchev–Trinajstić information content (AvgIpc) is 3.57. The highest BCUT2D eigenvalue weighted by atomic mass is 16.5. The van der Waals surface area contributed by atoms with Crippen molar-refractivity contribution in [3.05, 3.63) is 77.8 Å². The molecule has 0 bridgehead atoms. The number of hydrogen-bond donors (Lipinski definition) is 2. The number of hydrogen-bond acceptors (Lipinski definition) is 7. The molecule has 2 aliphatic heterocycles. The number of imidazole rings is 1. The zero-order chi connectivity index (χ0) is 23.4. The van der Waals surface area contributed by atoms with E-state index in [0.29, 0.717) is 35.7 Å². The molecular formula is C25H20N4O5. The van der Waals surface area contributed by atoms with Crippen LogP contribution in [0.1, 0.15) is 17.4 Å². The van der Waals surface area contributed by atoms with Crippen molar-refractivity contribution in [3.8, 4) is 5.75 Å². The van der Waals surface area contributed by atoms with E-state index in [0.717, 1.165) is 11.2 Å². The minimum atomic E-state index is -0.986. The van der Waals surface area contributed by atoms with Crippen LogP contribution in [0.5, 0.6) is 5.75 Å². The number of aliphatic hydroxyl groups excluding tert-OH is 1. The van der Waals surface area contributed by atoms with Gasteiger partial charge in [-0.1, -0.05) is 12.1 Å². The monoisotopic (exact) mass is 456 g/mol. The van der Waals surface area contributed by atoms with Crippen molar-refractivity contribution in [1.29, 1.82) is 0 Å². The van der Waals surface area contributed by atoms with E-state index >= 15 is 0 Å². The second kappa shape index (κ2) is 7.51. The van der Waals surface area contributed by atoms with E-state index in [4.69, 9.17) is 9.15 Å². The standard InChI is InChI=1S/C25H20N4O5/c1-28-10-12-34-18-9-8-14(13-17(18)28)22(30)20-21(19-7-4-11-33-19)29(24(32)23(20)31)25-26-15-5-2-3-6-16(15)27-25/h2-9,11,13,21,30H,10,12H2,1H3,(H,26,27)/b22-20+. The van der Waals surface area contributed by atoms with Crippen LogP contribution in [-0.2, 0) is 9.59 Å². The Balaban J connectivity index is 1.52. The van der Waals surface area contributed by atoms with E-state index in [1.54, 1.807) is 36.4 Å². The molecule has 0 radical (unpaired) electrons. The Morgan fingerprint density at radius 1 is 1.15 bits per heavy atom. The Labute approximate surface area is 193 Å². The summed E-state index contributed by atoms with van der Waals surface area (Å²) in [4.78, 5) is 37.3. The summed E-state index contributed by atoms with van der Waals surface area (Å²) in [7, 11) is 1.93. The van der Waals surface area contributed by atoms with E-state index in [-0.39, 0.29) is 17.3 Å². The predicted molar refractivity (Wildman–Crippen MR) is 125 cm³/mol. The van der Waals surface area contributed by atoms with Gasteiger partial charge in [0, 0.05) is 12.6 Å². The van der Waals surface area contributed by atoms with Gasteiger partial charge < -0.3 is 24.1 Å². The van der Waals surface area contributed by atoms with Crippen LogP contribution in [-0.4, -0.2) is 47.0 Å². The summed E-state index contributed by atoms with van der Waals surface area (Å²) in [6.45, 7) is 1.26. The summed E-state index contributed by atoms with van der Waals surface area (Å²) < 4.78 is 11.3. The highest BCUT2D eigenvalue weighted by molar-refractivity contribution is 6.51. The molecule has 0 spiro atoms. The Hall–Kier alpha value is -4.53. The lowest BCUT2D eigenvalue weighted by Gasteiger charge is -2.28. The van der Waals surface area contributed by atoms with Crippen LogP contribution in [0.4, 0.5) is 11.6 Å². The van der Waals surface area contributed by atoms with Gasteiger partial charge in [0.25, 0.3) is 5.78 Å². The molecule has 1 unspecified atom stereocenters. The van der Waals surface area contributed by atoms with Gasteiger partial charge in [0.2, 0.25) is 5.95 Å². The van der Waals surface area contributed by atoms with Crippen LogP contribution in [0.25, 0.3) is 16.8 Å². The molecule has 2 N–H and O–H groups in total. The second-order valence-corrected chi connectivity index (χ2v) is 8.21. The number of rotatable bonds is 3. The number of H-pyrrole nitrogens is 1. The lowest BCUT2D eigenvalue weighted by Crippen LogP contribution is -2.30. The summed E-state index contributed by atoms with van der Waals surface area (Å²) in [6.07, 6.45) is 1.46. The number of nitrogens with one attached hydrogen (secondary N) is 1. The molecule has 2 aromatic carbocycles.